The number of carbonyl (C=O) groups is 1. The quantitative estimate of drug-likeness (QED) is 0.782. The molecule has 1 atom stereocenters. The van der Waals surface area contributed by atoms with Crippen molar-refractivity contribution in [1.29, 1.82) is 5.26 Å². The van der Waals surface area contributed by atoms with Gasteiger partial charge in [-0.2, -0.15) is 5.26 Å². The Balaban J connectivity index is 2.78. The van der Waals surface area contributed by atoms with E-state index in [-0.39, 0.29) is 5.12 Å². The summed E-state index contributed by atoms with van der Waals surface area (Å²) in [4.78, 5) is 15.8. The number of benzene rings is 1. The van der Waals surface area contributed by atoms with Crippen LogP contribution in [0.1, 0.15) is 18.1 Å². The number of carbonyl (C=O) groups excluding carboxylic acids is 1. The second-order valence-corrected chi connectivity index (χ2v) is 4.84. The highest BCUT2D eigenvalue weighted by molar-refractivity contribution is 8.13. The number of hydrogen-bond donors (Lipinski definition) is 0. The van der Waals surface area contributed by atoms with Crippen molar-refractivity contribution in [2.75, 3.05) is 6.26 Å². The predicted octanol–water partition coefficient (Wildman–Crippen LogP) is 2.99. The molecule has 1 rings (SSSR count). The Kier molecular flexibility index (Phi) is 5.60. The van der Waals surface area contributed by atoms with E-state index in [1.54, 1.807) is 13.2 Å². The van der Waals surface area contributed by atoms with Crippen LogP contribution < -0.4 is 0 Å². The van der Waals surface area contributed by atoms with E-state index in [9.17, 15) is 4.79 Å². The van der Waals surface area contributed by atoms with Gasteiger partial charge >= 0.3 is 0 Å². The summed E-state index contributed by atoms with van der Waals surface area (Å²) in [5.74, 6) is -0.732. The minimum absolute atomic E-state index is 0.150. The Hall–Kier alpha value is -1.60. The van der Waals surface area contributed by atoms with Crippen molar-refractivity contribution in [2.24, 2.45) is 10.9 Å². The molecule has 1 unspecified atom stereocenters. The van der Waals surface area contributed by atoms with Gasteiger partial charge in [-0.05, 0) is 25.7 Å². The molecule has 4 heteroatoms. The molecule has 94 valence electrons. The minimum atomic E-state index is -0.732. The second kappa shape index (κ2) is 6.97. The van der Waals surface area contributed by atoms with E-state index in [1.165, 1.54) is 5.56 Å². The fourth-order valence-corrected chi connectivity index (χ4v) is 2.01. The molecule has 1 aromatic carbocycles. The molecule has 0 aliphatic heterocycles. The molecule has 0 aromatic heterocycles. The average Bonchev–Trinajstić information content (AvgIpc) is 2.37. The van der Waals surface area contributed by atoms with Gasteiger partial charge in [0, 0.05) is 5.71 Å². The zero-order valence-corrected chi connectivity index (χ0v) is 11.6. The van der Waals surface area contributed by atoms with Gasteiger partial charge in [-0.25, -0.2) is 0 Å². The first-order valence-corrected chi connectivity index (χ1v) is 6.85. The van der Waals surface area contributed by atoms with Gasteiger partial charge in [-0.1, -0.05) is 41.6 Å². The third-order valence-electron chi connectivity index (χ3n) is 2.58. The Morgan fingerprint density at radius 1 is 1.56 bits per heavy atom. The smallest absolute Gasteiger partial charge is 0.211 e. The van der Waals surface area contributed by atoms with Gasteiger partial charge < -0.3 is 0 Å². The first kappa shape index (κ1) is 14.5. The number of nitriles is 1. The summed E-state index contributed by atoms with van der Waals surface area (Å²) in [6.07, 6.45) is 1.68. The Morgan fingerprint density at radius 2 is 2.28 bits per heavy atom. The maximum atomic E-state index is 11.5. The van der Waals surface area contributed by atoms with Gasteiger partial charge in [-0.3, -0.25) is 9.79 Å². The summed E-state index contributed by atoms with van der Waals surface area (Å²) in [5.41, 5.74) is 2.85. The van der Waals surface area contributed by atoms with Crippen LogP contribution in [0.25, 0.3) is 0 Å². The number of hydrogen-bond acceptors (Lipinski definition) is 4. The van der Waals surface area contributed by atoms with Crippen molar-refractivity contribution in [1.82, 2.24) is 0 Å². The van der Waals surface area contributed by atoms with E-state index in [1.807, 2.05) is 31.2 Å². The normalized spacial score (nSPS) is 12.9. The topological polar surface area (TPSA) is 53.2 Å². The lowest BCUT2D eigenvalue weighted by Gasteiger charge is -2.06. The Bertz CT molecular complexity index is 503. The maximum absolute atomic E-state index is 11.5. The molecule has 0 bridgehead atoms. The van der Waals surface area contributed by atoms with Crippen LogP contribution in [-0.2, 0) is 11.3 Å². The summed E-state index contributed by atoms with van der Waals surface area (Å²) < 4.78 is 0. The molecule has 1 aromatic rings. The van der Waals surface area contributed by atoms with Gasteiger partial charge in [0.15, 0.2) is 5.92 Å². The number of aryl methyl sites for hydroxylation is 1. The molecule has 0 fully saturated rings. The fourth-order valence-electron chi connectivity index (χ4n) is 1.55. The number of rotatable bonds is 4. The summed E-state index contributed by atoms with van der Waals surface area (Å²) in [6, 6.07) is 10.0. The molecule has 0 N–H and O–H groups in total. The van der Waals surface area contributed by atoms with E-state index < -0.39 is 5.92 Å². The van der Waals surface area contributed by atoms with Crippen LogP contribution >= 0.6 is 11.8 Å². The second-order valence-electron chi connectivity index (χ2n) is 4.03. The first-order valence-electron chi connectivity index (χ1n) is 5.62. The highest BCUT2D eigenvalue weighted by Crippen LogP contribution is 2.11. The molecule has 0 aliphatic rings. The van der Waals surface area contributed by atoms with Gasteiger partial charge in [0.1, 0.15) is 0 Å². The summed E-state index contributed by atoms with van der Waals surface area (Å²) in [6.45, 7) is 4.26. The fraction of sp³-hybridized carbons (Fsp3) is 0.357. The van der Waals surface area contributed by atoms with Gasteiger partial charge in [0.05, 0.1) is 12.6 Å². The van der Waals surface area contributed by atoms with Crippen LogP contribution in [0.2, 0.25) is 0 Å². The van der Waals surface area contributed by atoms with Crippen molar-refractivity contribution in [2.45, 2.75) is 20.4 Å². The molecule has 3 nitrogen and oxygen atoms in total. The van der Waals surface area contributed by atoms with Crippen molar-refractivity contribution < 1.29 is 4.79 Å². The molecule has 0 radical (unpaired) electrons. The maximum Gasteiger partial charge on any atom is 0.211 e. The van der Waals surface area contributed by atoms with E-state index >= 15 is 0 Å². The summed E-state index contributed by atoms with van der Waals surface area (Å²) in [7, 11) is 0. The largest absolute Gasteiger partial charge is 0.288 e. The third-order valence-corrected chi connectivity index (χ3v) is 3.22. The lowest BCUT2D eigenvalue weighted by atomic mass is 10.1. The Labute approximate surface area is 112 Å². The van der Waals surface area contributed by atoms with Gasteiger partial charge in [0.25, 0.3) is 0 Å². The summed E-state index contributed by atoms with van der Waals surface area (Å²) >= 11 is 1.07. The third kappa shape index (κ3) is 4.01. The lowest BCUT2D eigenvalue weighted by Crippen LogP contribution is -2.17. The number of nitrogens with zero attached hydrogens (tertiary/aromatic N) is 2. The summed E-state index contributed by atoms with van der Waals surface area (Å²) in [5, 5.41) is 8.82. The van der Waals surface area contributed by atoms with Gasteiger partial charge in [0.2, 0.25) is 5.12 Å². The molecule has 0 saturated carbocycles. The van der Waals surface area contributed by atoms with Crippen LogP contribution in [0.3, 0.4) is 0 Å². The first-order chi connectivity index (χ1) is 8.58. The molecule has 0 spiro atoms. The van der Waals surface area contributed by atoms with Crippen molar-refractivity contribution in [3.05, 3.63) is 35.4 Å². The van der Waals surface area contributed by atoms with Crippen LogP contribution in [0.5, 0.6) is 0 Å². The van der Waals surface area contributed by atoms with Crippen molar-refractivity contribution in [3.63, 3.8) is 0 Å². The molecular formula is C14H16N2OS. The van der Waals surface area contributed by atoms with E-state index in [4.69, 9.17) is 5.26 Å². The Morgan fingerprint density at radius 3 is 2.83 bits per heavy atom. The van der Waals surface area contributed by atoms with E-state index in [0.717, 1.165) is 17.3 Å². The van der Waals surface area contributed by atoms with Crippen LogP contribution in [-0.4, -0.2) is 17.1 Å². The molecular weight excluding hydrogens is 244 g/mol. The molecule has 0 amide bonds. The minimum Gasteiger partial charge on any atom is -0.288 e. The van der Waals surface area contributed by atoms with E-state index in [2.05, 4.69) is 11.1 Å². The molecule has 0 saturated heterocycles. The van der Waals surface area contributed by atoms with E-state index in [0.29, 0.717) is 12.3 Å². The van der Waals surface area contributed by atoms with Crippen LogP contribution in [0.4, 0.5) is 0 Å². The molecule has 18 heavy (non-hydrogen) atoms. The zero-order valence-electron chi connectivity index (χ0n) is 10.8. The lowest BCUT2D eigenvalue weighted by molar-refractivity contribution is -0.111. The zero-order chi connectivity index (χ0) is 13.5. The van der Waals surface area contributed by atoms with Gasteiger partial charge in [-0.15, -0.1) is 0 Å². The van der Waals surface area contributed by atoms with Crippen molar-refractivity contribution >= 4 is 22.6 Å². The molecule has 0 heterocycles. The average molecular weight is 260 g/mol. The van der Waals surface area contributed by atoms with Crippen LogP contribution in [0, 0.1) is 24.2 Å². The number of aliphatic imine (C=N–C) groups is 1. The monoisotopic (exact) mass is 260 g/mol. The molecule has 0 aliphatic carbocycles. The number of thioether (sulfide) groups is 1. The SMILES string of the molecule is CSC(=O)C(C#N)C(C)=NCc1cccc(C)c1. The standard InChI is InChI=1S/C14H16N2OS/c1-10-5-4-6-12(7-10)9-16-11(2)13(8-15)14(17)18-3/h4-7,13H,9H2,1-3H3. The predicted molar refractivity (Wildman–Crippen MR) is 75.6 cm³/mol. The van der Waals surface area contributed by atoms with Crippen molar-refractivity contribution in [3.8, 4) is 6.07 Å². The highest BCUT2D eigenvalue weighted by Gasteiger charge is 2.19. The highest BCUT2D eigenvalue weighted by atomic mass is 32.2. The van der Waals surface area contributed by atoms with Crippen LogP contribution in [0.15, 0.2) is 29.3 Å².